The Hall–Kier alpha value is -1.11. The van der Waals surface area contributed by atoms with Crippen molar-refractivity contribution in [1.82, 2.24) is 0 Å². The van der Waals surface area contributed by atoms with E-state index in [1.165, 1.54) is 6.07 Å². The fourth-order valence-electron chi connectivity index (χ4n) is 1.67. The van der Waals surface area contributed by atoms with Crippen LogP contribution in [-0.4, -0.2) is 4.92 Å². The van der Waals surface area contributed by atoms with Gasteiger partial charge in [-0.25, -0.2) is 0 Å². The van der Waals surface area contributed by atoms with Crippen LogP contribution in [0.3, 0.4) is 0 Å². The van der Waals surface area contributed by atoms with Crippen LogP contribution in [0.5, 0.6) is 0 Å². The van der Waals surface area contributed by atoms with E-state index in [-0.39, 0.29) is 5.69 Å². The van der Waals surface area contributed by atoms with Gasteiger partial charge in [0.15, 0.2) is 0 Å². The van der Waals surface area contributed by atoms with Gasteiger partial charge in [-0.15, -0.1) is 0 Å². The molecule has 0 bridgehead atoms. The molecule has 7 heteroatoms. The number of hydrogen-bond acceptors (Lipinski definition) is 3. The number of benzene rings is 2. The zero-order chi connectivity index (χ0) is 14.7. The van der Waals surface area contributed by atoms with Gasteiger partial charge in [-0.2, -0.15) is 0 Å². The van der Waals surface area contributed by atoms with Crippen LogP contribution in [0.15, 0.2) is 45.3 Å². The normalized spacial score (nSPS) is 10.3. The number of halogens is 3. The first-order chi connectivity index (χ1) is 9.49. The van der Waals surface area contributed by atoms with Gasteiger partial charge in [-0.3, -0.25) is 10.1 Å². The van der Waals surface area contributed by atoms with E-state index in [4.69, 9.17) is 11.6 Å². The first-order valence-electron chi connectivity index (χ1n) is 5.59. The summed E-state index contributed by atoms with van der Waals surface area (Å²) in [6, 6.07) is 10.4. The van der Waals surface area contributed by atoms with Crippen LogP contribution in [0, 0.1) is 10.1 Å². The molecule has 0 fully saturated rings. The molecule has 0 radical (unpaired) electrons. The third-order valence-corrected chi connectivity index (χ3v) is 4.46. The molecule has 2 aromatic rings. The molecule has 0 heterocycles. The van der Waals surface area contributed by atoms with Crippen molar-refractivity contribution < 1.29 is 4.92 Å². The van der Waals surface area contributed by atoms with Gasteiger partial charge in [0.2, 0.25) is 0 Å². The third kappa shape index (κ3) is 3.50. The Labute approximate surface area is 137 Å². The fourth-order valence-corrected chi connectivity index (χ4v) is 3.04. The second-order valence-electron chi connectivity index (χ2n) is 3.99. The van der Waals surface area contributed by atoms with Crippen LogP contribution < -0.4 is 5.32 Å². The number of hydrogen-bond donors (Lipinski definition) is 1. The first-order valence-corrected chi connectivity index (χ1v) is 7.56. The second-order valence-corrected chi connectivity index (χ2v) is 6.07. The molecule has 0 aliphatic heterocycles. The molecule has 1 N–H and O–H groups in total. The Kier molecular flexibility index (Phi) is 5.01. The highest BCUT2D eigenvalue weighted by Gasteiger charge is 2.14. The second kappa shape index (κ2) is 6.56. The smallest absolute Gasteiger partial charge is 0.283 e. The SMILES string of the molecule is O=[N+]([O-])c1cccc(CNc2ccc(Cl)cc2Br)c1Br. The van der Waals surface area contributed by atoms with Crippen molar-refractivity contribution in [1.29, 1.82) is 0 Å². The molecule has 0 aliphatic rings. The van der Waals surface area contributed by atoms with Gasteiger partial charge in [0.1, 0.15) is 4.47 Å². The highest BCUT2D eigenvalue weighted by atomic mass is 79.9. The molecular formula is C13H9Br2ClN2O2. The molecule has 0 unspecified atom stereocenters. The quantitative estimate of drug-likeness (QED) is 0.533. The van der Waals surface area contributed by atoms with Crippen molar-refractivity contribution in [3.05, 3.63) is 66.0 Å². The summed E-state index contributed by atoms with van der Waals surface area (Å²) in [4.78, 5) is 10.5. The van der Waals surface area contributed by atoms with Crippen LogP contribution in [0.25, 0.3) is 0 Å². The third-order valence-electron chi connectivity index (χ3n) is 2.66. The van der Waals surface area contributed by atoms with Gasteiger partial charge in [-0.05, 0) is 55.6 Å². The molecule has 0 atom stereocenters. The van der Waals surface area contributed by atoms with Gasteiger partial charge in [0.05, 0.1) is 4.92 Å². The maximum atomic E-state index is 10.9. The molecule has 0 aliphatic carbocycles. The predicted octanol–water partition coefficient (Wildman–Crippen LogP) is 5.39. The van der Waals surface area contributed by atoms with Gasteiger partial charge < -0.3 is 5.32 Å². The van der Waals surface area contributed by atoms with Crippen molar-refractivity contribution in [2.45, 2.75) is 6.54 Å². The van der Waals surface area contributed by atoms with E-state index in [0.717, 1.165) is 15.7 Å². The topological polar surface area (TPSA) is 55.2 Å². The summed E-state index contributed by atoms with van der Waals surface area (Å²) in [5.41, 5.74) is 1.73. The largest absolute Gasteiger partial charge is 0.380 e. The predicted molar refractivity (Wildman–Crippen MR) is 87.3 cm³/mol. The Morgan fingerprint density at radius 3 is 2.65 bits per heavy atom. The number of nitro groups is 1. The molecule has 104 valence electrons. The number of nitro benzene ring substituents is 1. The Bertz CT molecular complexity index is 665. The minimum atomic E-state index is -0.411. The molecule has 2 rings (SSSR count). The highest BCUT2D eigenvalue weighted by Crippen LogP contribution is 2.30. The zero-order valence-electron chi connectivity index (χ0n) is 10.1. The van der Waals surface area contributed by atoms with E-state index < -0.39 is 4.92 Å². The van der Waals surface area contributed by atoms with Crippen LogP contribution in [-0.2, 0) is 6.54 Å². The summed E-state index contributed by atoms with van der Waals surface area (Å²) < 4.78 is 1.33. The monoisotopic (exact) mass is 418 g/mol. The average molecular weight is 420 g/mol. The standard InChI is InChI=1S/C13H9Br2ClN2O2/c14-10-6-9(16)4-5-11(10)17-7-8-2-1-3-12(13(8)15)18(19)20/h1-6,17H,7H2. The molecule has 0 amide bonds. The summed E-state index contributed by atoms with van der Waals surface area (Å²) >= 11 is 12.6. The van der Waals surface area contributed by atoms with Crippen molar-refractivity contribution >= 4 is 54.8 Å². The lowest BCUT2D eigenvalue weighted by molar-refractivity contribution is -0.385. The molecule has 0 spiro atoms. The summed E-state index contributed by atoms with van der Waals surface area (Å²) in [7, 11) is 0. The van der Waals surface area contributed by atoms with Gasteiger partial charge in [-0.1, -0.05) is 23.7 Å². The number of nitrogens with zero attached hydrogens (tertiary/aromatic N) is 1. The Morgan fingerprint density at radius 2 is 2.00 bits per heavy atom. The van der Waals surface area contributed by atoms with Crippen molar-refractivity contribution in [2.75, 3.05) is 5.32 Å². The summed E-state index contributed by atoms with van der Waals surface area (Å²) in [5, 5.41) is 14.7. The summed E-state index contributed by atoms with van der Waals surface area (Å²) in [6.07, 6.45) is 0. The van der Waals surface area contributed by atoms with Crippen LogP contribution in [0.1, 0.15) is 5.56 Å². The Balaban J connectivity index is 2.19. The van der Waals surface area contributed by atoms with Gasteiger partial charge >= 0.3 is 0 Å². The molecular weight excluding hydrogens is 411 g/mol. The first kappa shape index (κ1) is 15.3. The van der Waals surface area contributed by atoms with Gasteiger partial charge in [0, 0.05) is 27.8 Å². The molecule has 2 aromatic carbocycles. The summed E-state index contributed by atoms with van der Waals surface area (Å²) in [5.74, 6) is 0. The molecule has 20 heavy (non-hydrogen) atoms. The Morgan fingerprint density at radius 1 is 1.25 bits per heavy atom. The van der Waals surface area contributed by atoms with Crippen LogP contribution in [0.4, 0.5) is 11.4 Å². The van der Waals surface area contributed by atoms with Crippen molar-refractivity contribution in [2.24, 2.45) is 0 Å². The van der Waals surface area contributed by atoms with Gasteiger partial charge in [0.25, 0.3) is 5.69 Å². The molecule has 0 saturated heterocycles. The van der Waals surface area contributed by atoms with E-state index >= 15 is 0 Å². The van der Waals surface area contributed by atoms with E-state index in [9.17, 15) is 10.1 Å². The highest BCUT2D eigenvalue weighted by molar-refractivity contribution is 9.11. The maximum absolute atomic E-state index is 10.9. The van der Waals surface area contributed by atoms with Crippen LogP contribution in [0.2, 0.25) is 5.02 Å². The molecule has 0 saturated carbocycles. The zero-order valence-corrected chi connectivity index (χ0v) is 14.0. The lowest BCUT2D eigenvalue weighted by Gasteiger charge is -2.10. The maximum Gasteiger partial charge on any atom is 0.283 e. The number of nitrogens with one attached hydrogen (secondary N) is 1. The number of anilines is 1. The van der Waals surface area contributed by atoms with Crippen molar-refractivity contribution in [3.63, 3.8) is 0 Å². The molecule has 0 aromatic heterocycles. The summed E-state index contributed by atoms with van der Waals surface area (Å²) in [6.45, 7) is 0.461. The van der Waals surface area contributed by atoms with Crippen LogP contribution >= 0.6 is 43.5 Å². The van der Waals surface area contributed by atoms with E-state index in [1.807, 2.05) is 12.1 Å². The lowest BCUT2D eigenvalue weighted by Crippen LogP contribution is -2.02. The van der Waals surface area contributed by atoms with E-state index in [1.54, 1.807) is 18.2 Å². The average Bonchev–Trinajstić information content (AvgIpc) is 2.39. The minimum Gasteiger partial charge on any atom is -0.380 e. The van der Waals surface area contributed by atoms with E-state index in [0.29, 0.717) is 16.0 Å². The van der Waals surface area contributed by atoms with E-state index in [2.05, 4.69) is 37.2 Å². The number of rotatable bonds is 4. The minimum absolute atomic E-state index is 0.0551. The fraction of sp³-hybridized carbons (Fsp3) is 0.0769. The molecule has 4 nitrogen and oxygen atoms in total. The lowest BCUT2D eigenvalue weighted by atomic mass is 10.2. The van der Waals surface area contributed by atoms with Crippen molar-refractivity contribution in [3.8, 4) is 0 Å².